The minimum atomic E-state index is -2.94. The van der Waals surface area contributed by atoms with Gasteiger partial charge in [-0.25, -0.2) is 13.4 Å². The Labute approximate surface area is 170 Å². The first-order chi connectivity index (χ1) is 13.3. The van der Waals surface area contributed by atoms with Crippen molar-refractivity contribution in [3.05, 3.63) is 29.8 Å². The lowest BCUT2D eigenvalue weighted by atomic mass is 9.99. The topological polar surface area (TPSA) is 73.8 Å². The number of sulfone groups is 1. The third-order valence-electron chi connectivity index (χ3n) is 5.15. The van der Waals surface area contributed by atoms with E-state index in [0.717, 1.165) is 37.1 Å². The summed E-state index contributed by atoms with van der Waals surface area (Å²) in [5.41, 5.74) is 2.45. The highest BCUT2D eigenvalue weighted by Gasteiger charge is 2.15. The van der Waals surface area contributed by atoms with Crippen LogP contribution in [0.2, 0.25) is 0 Å². The van der Waals surface area contributed by atoms with E-state index in [9.17, 15) is 8.42 Å². The summed E-state index contributed by atoms with van der Waals surface area (Å²) in [7, 11) is -2.94. The van der Waals surface area contributed by atoms with Crippen LogP contribution in [-0.4, -0.2) is 52.1 Å². The lowest BCUT2D eigenvalue weighted by Crippen LogP contribution is -2.42. The van der Waals surface area contributed by atoms with Crippen molar-refractivity contribution >= 4 is 21.5 Å². The van der Waals surface area contributed by atoms with E-state index < -0.39 is 9.84 Å². The molecule has 1 heterocycles. The van der Waals surface area contributed by atoms with Crippen LogP contribution in [0.5, 0.6) is 0 Å². The molecule has 0 aromatic heterocycles. The number of aliphatic imine (C=N–C) groups is 1. The molecule has 1 aromatic rings. The van der Waals surface area contributed by atoms with E-state index in [1.54, 1.807) is 0 Å². The van der Waals surface area contributed by atoms with Gasteiger partial charge in [0.05, 0.1) is 12.3 Å². The van der Waals surface area contributed by atoms with Gasteiger partial charge in [0, 0.05) is 37.6 Å². The van der Waals surface area contributed by atoms with Gasteiger partial charge in [-0.2, -0.15) is 0 Å². The lowest BCUT2D eigenvalue weighted by molar-refractivity contribution is 0.438. The number of rotatable bonds is 8. The van der Waals surface area contributed by atoms with Gasteiger partial charge in [-0.05, 0) is 56.7 Å². The molecule has 0 amide bonds. The molecule has 0 saturated carbocycles. The van der Waals surface area contributed by atoms with Crippen molar-refractivity contribution in [2.45, 2.75) is 52.6 Å². The van der Waals surface area contributed by atoms with Crippen molar-refractivity contribution < 1.29 is 8.42 Å². The number of benzene rings is 1. The molecule has 1 saturated heterocycles. The quantitative estimate of drug-likeness (QED) is 0.511. The number of piperidine rings is 1. The highest BCUT2D eigenvalue weighted by molar-refractivity contribution is 7.90. The monoisotopic (exact) mass is 408 g/mol. The molecule has 1 atom stereocenters. The van der Waals surface area contributed by atoms with Crippen LogP contribution in [0.1, 0.15) is 45.6 Å². The zero-order valence-electron chi connectivity index (χ0n) is 17.7. The van der Waals surface area contributed by atoms with Crippen LogP contribution in [0.15, 0.2) is 29.3 Å². The van der Waals surface area contributed by atoms with Crippen molar-refractivity contribution in [1.82, 2.24) is 10.6 Å². The molecule has 158 valence electrons. The molecule has 0 aliphatic carbocycles. The summed E-state index contributed by atoms with van der Waals surface area (Å²) in [6.07, 6.45) is 4.36. The van der Waals surface area contributed by atoms with Crippen LogP contribution >= 0.6 is 0 Å². The Bertz CT molecular complexity index is 723. The van der Waals surface area contributed by atoms with Crippen LogP contribution in [0.25, 0.3) is 0 Å². The Hall–Kier alpha value is -1.76. The molecule has 6 nitrogen and oxygen atoms in total. The van der Waals surface area contributed by atoms with E-state index in [-0.39, 0.29) is 11.8 Å². The van der Waals surface area contributed by atoms with Gasteiger partial charge in [0.25, 0.3) is 0 Å². The van der Waals surface area contributed by atoms with Crippen LogP contribution in [-0.2, 0) is 16.4 Å². The van der Waals surface area contributed by atoms with Gasteiger partial charge >= 0.3 is 0 Å². The summed E-state index contributed by atoms with van der Waals surface area (Å²) in [6.45, 7) is 9.95. The Balaban J connectivity index is 1.90. The van der Waals surface area contributed by atoms with E-state index in [4.69, 9.17) is 0 Å². The van der Waals surface area contributed by atoms with E-state index >= 15 is 0 Å². The molecule has 0 spiro atoms. The van der Waals surface area contributed by atoms with Crippen molar-refractivity contribution in [3.8, 4) is 0 Å². The van der Waals surface area contributed by atoms with Gasteiger partial charge < -0.3 is 15.5 Å². The Morgan fingerprint density at radius 3 is 2.46 bits per heavy atom. The molecule has 1 aliphatic heterocycles. The van der Waals surface area contributed by atoms with Gasteiger partial charge in [0.2, 0.25) is 0 Å². The lowest BCUT2D eigenvalue weighted by Gasteiger charge is -2.32. The molecule has 28 heavy (non-hydrogen) atoms. The summed E-state index contributed by atoms with van der Waals surface area (Å²) < 4.78 is 22.7. The fourth-order valence-electron chi connectivity index (χ4n) is 3.27. The van der Waals surface area contributed by atoms with Crippen LogP contribution < -0.4 is 15.5 Å². The van der Waals surface area contributed by atoms with Gasteiger partial charge in [-0.1, -0.05) is 19.1 Å². The third kappa shape index (κ3) is 8.09. The minimum absolute atomic E-state index is 0.0383. The molecule has 2 rings (SSSR count). The fraction of sp³-hybridized carbons (Fsp3) is 0.667. The molecule has 1 fully saturated rings. The van der Waals surface area contributed by atoms with E-state index in [1.165, 1.54) is 24.8 Å². The molecule has 0 radical (unpaired) electrons. The first kappa shape index (κ1) is 22.5. The second-order valence-corrected chi connectivity index (χ2v) is 10.3. The maximum Gasteiger partial charge on any atom is 0.191 e. The predicted octanol–water partition coefficient (Wildman–Crippen LogP) is 2.80. The zero-order chi connectivity index (χ0) is 20.6. The zero-order valence-corrected chi connectivity index (χ0v) is 18.6. The van der Waals surface area contributed by atoms with Gasteiger partial charge in [0.15, 0.2) is 5.96 Å². The summed E-state index contributed by atoms with van der Waals surface area (Å²) in [5, 5.41) is 6.52. The molecule has 1 aliphatic rings. The summed E-state index contributed by atoms with van der Waals surface area (Å²) in [6, 6.07) is 8.71. The molecular weight excluding hydrogens is 372 g/mol. The summed E-state index contributed by atoms with van der Waals surface area (Å²) >= 11 is 0. The van der Waals surface area contributed by atoms with E-state index in [1.807, 2.05) is 13.8 Å². The van der Waals surface area contributed by atoms with Crippen molar-refractivity contribution in [1.29, 1.82) is 0 Å². The average molecular weight is 409 g/mol. The maximum atomic E-state index is 11.3. The van der Waals surface area contributed by atoms with Gasteiger partial charge in [-0.15, -0.1) is 0 Å². The standard InChI is InChI=1S/C21H36N4O2S/c1-5-22-21(24-18(3)12-15-28(4,26)27)23-16-19-6-8-20(9-7-19)25-13-10-17(2)11-14-25/h6-9,17-18H,5,10-16H2,1-4H3,(H2,22,23,24). The third-order valence-corrected chi connectivity index (χ3v) is 6.13. The average Bonchev–Trinajstić information content (AvgIpc) is 2.65. The first-order valence-corrected chi connectivity index (χ1v) is 12.4. The van der Waals surface area contributed by atoms with Crippen LogP contribution in [0, 0.1) is 5.92 Å². The molecule has 1 aromatic carbocycles. The van der Waals surface area contributed by atoms with Crippen molar-refractivity contribution in [2.75, 3.05) is 36.5 Å². The normalized spacial score (nSPS) is 17.4. The molecule has 2 N–H and O–H groups in total. The van der Waals surface area contributed by atoms with Crippen LogP contribution in [0.4, 0.5) is 5.69 Å². The van der Waals surface area contributed by atoms with E-state index in [2.05, 4.69) is 51.7 Å². The highest BCUT2D eigenvalue weighted by Crippen LogP contribution is 2.23. The number of anilines is 1. The maximum absolute atomic E-state index is 11.3. The predicted molar refractivity (Wildman–Crippen MR) is 119 cm³/mol. The molecule has 0 bridgehead atoms. The highest BCUT2D eigenvalue weighted by atomic mass is 32.2. The largest absolute Gasteiger partial charge is 0.372 e. The van der Waals surface area contributed by atoms with Gasteiger partial charge in [0.1, 0.15) is 9.84 Å². The molecular formula is C21H36N4O2S. The molecule has 7 heteroatoms. The second-order valence-electron chi connectivity index (χ2n) is 8.00. The summed E-state index contributed by atoms with van der Waals surface area (Å²) in [5.74, 6) is 1.73. The Morgan fingerprint density at radius 2 is 1.89 bits per heavy atom. The number of nitrogens with one attached hydrogen (secondary N) is 2. The van der Waals surface area contributed by atoms with E-state index in [0.29, 0.717) is 13.0 Å². The van der Waals surface area contributed by atoms with Crippen molar-refractivity contribution in [3.63, 3.8) is 0 Å². The number of hydrogen-bond acceptors (Lipinski definition) is 4. The minimum Gasteiger partial charge on any atom is -0.372 e. The SMILES string of the molecule is CCNC(=NCc1ccc(N2CCC(C)CC2)cc1)NC(C)CCS(C)(=O)=O. The smallest absolute Gasteiger partial charge is 0.191 e. The fourth-order valence-corrected chi connectivity index (χ4v) is 4.05. The van der Waals surface area contributed by atoms with Crippen molar-refractivity contribution in [2.24, 2.45) is 10.9 Å². The molecule has 1 unspecified atom stereocenters. The Kier molecular flexibility index (Phi) is 8.60. The second kappa shape index (κ2) is 10.7. The number of hydrogen-bond donors (Lipinski definition) is 2. The Morgan fingerprint density at radius 1 is 1.25 bits per heavy atom. The number of nitrogens with zero attached hydrogens (tertiary/aromatic N) is 2. The van der Waals surface area contributed by atoms with Gasteiger partial charge in [-0.3, -0.25) is 0 Å². The number of guanidine groups is 1. The first-order valence-electron chi connectivity index (χ1n) is 10.3. The summed E-state index contributed by atoms with van der Waals surface area (Å²) in [4.78, 5) is 7.11. The van der Waals surface area contributed by atoms with Crippen LogP contribution in [0.3, 0.4) is 0 Å².